The van der Waals surface area contributed by atoms with Crippen LogP contribution < -0.4 is 5.32 Å². The maximum atomic E-state index is 12.5. The predicted octanol–water partition coefficient (Wildman–Crippen LogP) is 3.23. The highest BCUT2D eigenvalue weighted by atomic mass is 16.5. The van der Waals surface area contributed by atoms with Crippen molar-refractivity contribution in [3.63, 3.8) is 0 Å². The lowest BCUT2D eigenvalue weighted by Crippen LogP contribution is -2.35. The van der Waals surface area contributed by atoms with Crippen LogP contribution in [0.15, 0.2) is 48.5 Å². The fraction of sp³-hybridized carbons (Fsp3) is 0.348. The zero-order valence-electron chi connectivity index (χ0n) is 16.2. The lowest BCUT2D eigenvalue weighted by Gasteiger charge is -2.26. The smallest absolute Gasteiger partial charge is 0.339 e. The van der Waals surface area contributed by atoms with Crippen LogP contribution in [0.4, 0.5) is 0 Å². The largest absolute Gasteiger partial charge is 0.453 e. The van der Waals surface area contributed by atoms with Gasteiger partial charge in [-0.1, -0.05) is 30.3 Å². The van der Waals surface area contributed by atoms with Gasteiger partial charge in [0.2, 0.25) is 5.91 Å². The minimum atomic E-state index is -0.539. The van der Waals surface area contributed by atoms with Gasteiger partial charge in [0.15, 0.2) is 0 Å². The number of carbonyl (C=O) groups excluding carboxylic acids is 3. The molecule has 2 aliphatic heterocycles. The van der Waals surface area contributed by atoms with E-state index in [9.17, 15) is 14.4 Å². The van der Waals surface area contributed by atoms with Crippen LogP contribution in [-0.4, -0.2) is 35.8 Å². The molecule has 6 nitrogen and oxygen atoms in total. The maximum absolute atomic E-state index is 12.5. The first-order chi connectivity index (χ1) is 14.1. The lowest BCUT2D eigenvalue weighted by molar-refractivity contribution is -0.123. The quantitative estimate of drug-likeness (QED) is 0.793. The summed E-state index contributed by atoms with van der Waals surface area (Å²) in [6, 6.07) is 14.5. The molecule has 6 heteroatoms. The molecule has 1 saturated heterocycles. The van der Waals surface area contributed by atoms with Crippen molar-refractivity contribution in [2.24, 2.45) is 0 Å². The monoisotopic (exact) mass is 392 g/mol. The van der Waals surface area contributed by atoms with Gasteiger partial charge in [-0.3, -0.25) is 9.59 Å². The van der Waals surface area contributed by atoms with Crippen LogP contribution in [-0.2, 0) is 16.1 Å². The average molecular weight is 392 g/mol. The first kappa shape index (κ1) is 19.2. The van der Waals surface area contributed by atoms with E-state index in [2.05, 4.69) is 5.32 Å². The number of nitrogens with zero attached hydrogens (tertiary/aromatic N) is 1. The van der Waals surface area contributed by atoms with Crippen LogP contribution in [0, 0.1) is 0 Å². The molecule has 1 N–H and O–H groups in total. The van der Waals surface area contributed by atoms with Crippen molar-refractivity contribution in [3.8, 4) is 0 Å². The molecule has 2 aromatic carbocycles. The zero-order chi connectivity index (χ0) is 20.2. The molecule has 0 spiro atoms. The van der Waals surface area contributed by atoms with Gasteiger partial charge in [-0.15, -0.1) is 0 Å². The van der Waals surface area contributed by atoms with Gasteiger partial charge in [0.05, 0.1) is 12.0 Å². The van der Waals surface area contributed by atoms with E-state index in [1.54, 1.807) is 12.1 Å². The number of fused-ring (bicyclic) bond motifs is 1. The Balaban J connectivity index is 1.30. The summed E-state index contributed by atoms with van der Waals surface area (Å²) in [4.78, 5) is 38.6. The molecule has 1 fully saturated rings. The second-order valence-corrected chi connectivity index (χ2v) is 7.51. The number of esters is 1. The Morgan fingerprint density at radius 1 is 1.00 bits per heavy atom. The molecule has 2 aromatic rings. The minimum absolute atomic E-state index is 0.0713. The molecule has 150 valence electrons. The first-order valence-electron chi connectivity index (χ1n) is 10.1. The van der Waals surface area contributed by atoms with E-state index < -0.39 is 6.10 Å². The third-order valence-electron chi connectivity index (χ3n) is 5.48. The van der Waals surface area contributed by atoms with E-state index in [1.165, 1.54) is 6.42 Å². The number of benzene rings is 2. The highest BCUT2D eigenvalue weighted by Crippen LogP contribution is 2.32. The van der Waals surface area contributed by atoms with E-state index in [0.717, 1.165) is 37.1 Å². The van der Waals surface area contributed by atoms with Gasteiger partial charge >= 0.3 is 5.97 Å². The Morgan fingerprint density at radius 2 is 1.72 bits per heavy atom. The summed E-state index contributed by atoms with van der Waals surface area (Å²) < 4.78 is 5.31. The van der Waals surface area contributed by atoms with Gasteiger partial charge in [-0.2, -0.15) is 0 Å². The summed E-state index contributed by atoms with van der Waals surface area (Å²) in [5.74, 6) is -0.498. The van der Waals surface area contributed by atoms with Crippen molar-refractivity contribution in [1.29, 1.82) is 0 Å². The molecule has 0 saturated carbocycles. The average Bonchev–Trinajstić information content (AvgIpc) is 3.08. The lowest BCUT2D eigenvalue weighted by atomic mass is 10.0. The van der Waals surface area contributed by atoms with Crippen molar-refractivity contribution < 1.29 is 19.1 Å². The highest BCUT2D eigenvalue weighted by molar-refractivity contribution is 5.95. The molecule has 1 atom stereocenters. The molecule has 2 amide bonds. The number of likely N-dealkylation sites (tertiary alicyclic amines) is 1. The molecular formula is C23H24N2O4. The van der Waals surface area contributed by atoms with Crippen molar-refractivity contribution in [1.82, 2.24) is 10.2 Å². The Labute approximate surface area is 169 Å². The van der Waals surface area contributed by atoms with Crippen LogP contribution in [0.25, 0.3) is 0 Å². The van der Waals surface area contributed by atoms with Gasteiger partial charge in [0.25, 0.3) is 5.91 Å². The van der Waals surface area contributed by atoms with Crippen molar-refractivity contribution >= 4 is 17.8 Å². The molecule has 2 aliphatic rings. The van der Waals surface area contributed by atoms with Gasteiger partial charge in [0.1, 0.15) is 6.10 Å². The number of nitrogens with one attached hydrogen (secondary N) is 1. The molecular weight excluding hydrogens is 368 g/mol. The van der Waals surface area contributed by atoms with Crippen LogP contribution in [0.5, 0.6) is 0 Å². The third-order valence-corrected chi connectivity index (χ3v) is 5.48. The fourth-order valence-corrected chi connectivity index (χ4v) is 3.86. The van der Waals surface area contributed by atoms with Gasteiger partial charge in [-0.25, -0.2) is 4.79 Å². The summed E-state index contributed by atoms with van der Waals surface area (Å²) in [5.41, 5.74) is 2.88. The molecule has 29 heavy (non-hydrogen) atoms. The number of hydrogen-bond donors (Lipinski definition) is 1. The summed E-state index contributed by atoms with van der Waals surface area (Å²) in [6.45, 7) is 2.01. The second-order valence-electron chi connectivity index (χ2n) is 7.51. The van der Waals surface area contributed by atoms with Crippen molar-refractivity contribution in [2.45, 2.75) is 38.3 Å². The topological polar surface area (TPSA) is 75.7 Å². The van der Waals surface area contributed by atoms with E-state index >= 15 is 0 Å². The Kier molecular flexibility index (Phi) is 5.60. The SMILES string of the molecule is O=C(CC1OC(=O)c2ccccc21)NCc1ccc(C(=O)N2CCCCC2)cc1. The number of cyclic esters (lactones) is 1. The highest BCUT2D eigenvalue weighted by Gasteiger charge is 2.31. The van der Waals surface area contributed by atoms with Crippen molar-refractivity contribution in [2.75, 3.05) is 13.1 Å². The zero-order valence-corrected chi connectivity index (χ0v) is 16.2. The minimum Gasteiger partial charge on any atom is -0.453 e. The maximum Gasteiger partial charge on any atom is 0.339 e. The van der Waals surface area contributed by atoms with E-state index in [1.807, 2.05) is 41.3 Å². The summed E-state index contributed by atoms with van der Waals surface area (Å²) >= 11 is 0. The standard InChI is InChI=1S/C23H24N2O4/c26-21(14-20-18-6-2-3-7-19(18)23(28)29-20)24-15-16-8-10-17(11-9-16)22(27)25-12-4-1-5-13-25/h2-3,6-11,20H,1,4-5,12-15H2,(H,24,26). The van der Waals surface area contributed by atoms with E-state index in [-0.39, 0.29) is 24.2 Å². The van der Waals surface area contributed by atoms with Crippen LogP contribution >= 0.6 is 0 Å². The van der Waals surface area contributed by atoms with Gasteiger partial charge in [0, 0.05) is 30.8 Å². The molecule has 0 bridgehead atoms. The number of carbonyl (C=O) groups is 3. The molecule has 0 aromatic heterocycles. The van der Waals surface area contributed by atoms with Gasteiger partial charge in [-0.05, 0) is 43.0 Å². The van der Waals surface area contributed by atoms with E-state index in [0.29, 0.717) is 17.7 Å². The Hall–Kier alpha value is -3.15. The number of piperidine rings is 1. The van der Waals surface area contributed by atoms with Crippen LogP contribution in [0.3, 0.4) is 0 Å². The summed E-state index contributed by atoms with van der Waals surface area (Å²) in [5, 5.41) is 2.86. The fourth-order valence-electron chi connectivity index (χ4n) is 3.86. The molecule has 2 heterocycles. The van der Waals surface area contributed by atoms with Gasteiger partial charge < -0.3 is 15.0 Å². The van der Waals surface area contributed by atoms with Crippen molar-refractivity contribution in [3.05, 3.63) is 70.8 Å². The molecule has 0 aliphatic carbocycles. The van der Waals surface area contributed by atoms with Crippen LogP contribution in [0.2, 0.25) is 0 Å². The normalized spacial score (nSPS) is 18.1. The Bertz CT molecular complexity index is 917. The molecule has 0 radical (unpaired) electrons. The number of amides is 2. The number of rotatable bonds is 5. The Morgan fingerprint density at radius 3 is 2.48 bits per heavy atom. The van der Waals surface area contributed by atoms with E-state index in [4.69, 9.17) is 4.74 Å². The summed E-state index contributed by atoms with van der Waals surface area (Å²) in [6.07, 6.45) is 2.87. The first-order valence-corrected chi connectivity index (χ1v) is 10.1. The number of ether oxygens (including phenoxy) is 1. The summed E-state index contributed by atoms with van der Waals surface area (Å²) in [7, 11) is 0. The van der Waals surface area contributed by atoms with Crippen LogP contribution in [0.1, 0.15) is 63.6 Å². The molecule has 4 rings (SSSR count). The third kappa shape index (κ3) is 4.31. The second kappa shape index (κ2) is 8.47. The molecule has 1 unspecified atom stereocenters. The number of hydrogen-bond acceptors (Lipinski definition) is 4. The predicted molar refractivity (Wildman–Crippen MR) is 107 cm³/mol.